The molecule has 0 aliphatic heterocycles. The van der Waals surface area contributed by atoms with Crippen LogP contribution in [0.2, 0.25) is 0 Å². The van der Waals surface area contributed by atoms with Crippen molar-refractivity contribution < 1.29 is 9.84 Å². The fourth-order valence-corrected chi connectivity index (χ4v) is 4.57. The number of fused-ring (bicyclic) bond motifs is 3. The Hall–Kier alpha value is -0.120. The van der Waals surface area contributed by atoms with Gasteiger partial charge in [-0.15, -0.1) is 0 Å². The first-order valence-electron chi connectivity index (χ1n) is 6.14. The minimum absolute atomic E-state index is 0.0235. The number of hydrogen-bond donors (Lipinski definition) is 2. The highest BCUT2D eigenvalue weighted by Gasteiger charge is 2.61. The first-order valence-corrected chi connectivity index (χ1v) is 6.14. The number of aliphatic hydroxyl groups excluding tert-OH is 1. The van der Waals surface area contributed by atoms with Gasteiger partial charge in [-0.05, 0) is 49.4 Å². The molecule has 0 aromatic carbocycles. The molecule has 0 aromatic heterocycles. The summed E-state index contributed by atoms with van der Waals surface area (Å²) in [5.41, 5.74) is 6.58. The molecular formula is C12H21NO2. The second-order valence-corrected chi connectivity index (χ2v) is 5.78. The van der Waals surface area contributed by atoms with Crippen molar-refractivity contribution in [1.29, 1.82) is 0 Å². The highest BCUT2D eigenvalue weighted by atomic mass is 16.5. The summed E-state index contributed by atoms with van der Waals surface area (Å²) >= 11 is 0. The van der Waals surface area contributed by atoms with E-state index in [4.69, 9.17) is 10.5 Å². The Balaban J connectivity index is 1.86. The van der Waals surface area contributed by atoms with E-state index >= 15 is 0 Å². The van der Waals surface area contributed by atoms with Crippen molar-refractivity contribution in [2.75, 3.05) is 7.11 Å². The monoisotopic (exact) mass is 211 g/mol. The molecule has 3 aliphatic carbocycles. The van der Waals surface area contributed by atoms with E-state index in [2.05, 4.69) is 0 Å². The van der Waals surface area contributed by atoms with Gasteiger partial charge < -0.3 is 15.6 Å². The smallest absolute Gasteiger partial charge is 0.0836 e. The van der Waals surface area contributed by atoms with E-state index < -0.39 is 0 Å². The Morgan fingerprint density at radius 3 is 2.67 bits per heavy atom. The average Bonchev–Trinajstić information content (AvgIpc) is 2.85. The molecule has 0 aromatic rings. The quantitative estimate of drug-likeness (QED) is 0.677. The van der Waals surface area contributed by atoms with Crippen LogP contribution in [0, 0.1) is 17.3 Å². The molecule has 15 heavy (non-hydrogen) atoms. The van der Waals surface area contributed by atoms with Crippen LogP contribution in [0.15, 0.2) is 0 Å². The number of nitrogens with two attached hydrogens (primary N) is 1. The van der Waals surface area contributed by atoms with E-state index in [0.717, 1.165) is 24.7 Å². The maximum absolute atomic E-state index is 9.98. The molecule has 86 valence electrons. The fraction of sp³-hybridized carbons (Fsp3) is 1.00. The molecule has 3 rings (SSSR count). The highest BCUT2D eigenvalue weighted by Crippen LogP contribution is 2.62. The van der Waals surface area contributed by atoms with Gasteiger partial charge in [0.1, 0.15) is 0 Å². The molecule has 2 bridgehead atoms. The van der Waals surface area contributed by atoms with Crippen LogP contribution in [0.4, 0.5) is 0 Å². The zero-order valence-electron chi connectivity index (χ0n) is 9.36. The molecule has 0 heterocycles. The molecule has 3 unspecified atom stereocenters. The van der Waals surface area contributed by atoms with Crippen molar-refractivity contribution in [3.05, 3.63) is 0 Å². The summed E-state index contributed by atoms with van der Waals surface area (Å²) in [4.78, 5) is 0. The van der Waals surface area contributed by atoms with E-state index in [9.17, 15) is 5.11 Å². The zero-order chi connectivity index (χ0) is 10.6. The minimum atomic E-state index is -0.291. The molecule has 3 saturated carbocycles. The Morgan fingerprint density at radius 2 is 2.13 bits per heavy atom. The second-order valence-electron chi connectivity index (χ2n) is 5.78. The summed E-state index contributed by atoms with van der Waals surface area (Å²) in [5, 5.41) is 9.98. The largest absolute Gasteiger partial charge is 0.390 e. The molecule has 1 spiro atoms. The lowest BCUT2D eigenvalue weighted by atomic mass is 9.69. The maximum Gasteiger partial charge on any atom is 0.0836 e. The van der Waals surface area contributed by atoms with E-state index in [-0.39, 0.29) is 17.6 Å². The van der Waals surface area contributed by atoms with Gasteiger partial charge in [0, 0.05) is 13.2 Å². The van der Waals surface area contributed by atoms with Crippen molar-refractivity contribution in [1.82, 2.24) is 0 Å². The second kappa shape index (κ2) is 3.19. The molecule has 0 amide bonds. The SMILES string of the molecule is COC1C[C@]2(C[C@@H]1O)C(N)C1CC[C@@H]2C1. The van der Waals surface area contributed by atoms with Gasteiger partial charge in [-0.3, -0.25) is 0 Å². The maximum atomic E-state index is 9.98. The molecule has 3 aliphatic rings. The van der Waals surface area contributed by atoms with E-state index in [1.54, 1.807) is 7.11 Å². The third-order valence-corrected chi connectivity index (χ3v) is 5.36. The van der Waals surface area contributed by atoms with Crippen molar-refractivity contribution >= 4 is 0 Å². The predicted octanol–water partition coefficient (Wildman–Crippen LogP) is 0.900. The molecule has 3 fully saturated rings. The van der Waals surface area contributed by atoms with Crippen LogP contribution >= 0.6 is 0 Å². The van der Waals surface area contributed by atoms with Crippen LogP contribution in [0.5, 0.6) is 0 Å². The lowest BCUT2D eigenvalue weighted by Crippen LogP contribution is -2.45. The van der Waals surface area contributed by atoms with Crippen LogP contribution in [0.3, 0.4) is 0 Å². The van der Waals surface area contributed by atoms with Crippen LogP contribution in [-0.4, -0.2) is 30.5 Å². The summed E-state index contributed by atoms with van der Waals surface area (Å²) in [5.74, 6) is 1.48. The van der Waals surface area contributed by atoms with Crippen molar-refractivity contribution in [3.63, 3.8) is 0 Å². The van der Waals surface area contributed by atoms with Gasteiger partial charge in [-0.25, -0.2) is 0 Å². The zero-order valence-corrected chi connectivity index (χ0v) is 9.36. The van der Waals surface area contributed by atoms with E-state index in [0.29, 0.717) is 6.04 Å². The Kier molecular flexibility index (Phi) is 2.14. The lowest BCUT2D eigenvalue weighted by Gasteiger charge is -2.39. The van der Waals surface area contributed by atoms with Gasteiger partial charge in [-0.2, -0.15) is 0 Å². The third kappa shape index (κ3) is 1.17. The molecule has 3 N–H and O–H groups in total. The Labute approximate surface area is 91.0 Å². The number of aliphatic hydroxyl groups is 1. The highest BCUT2D eigenvalue weighted by molar-refractivity contribution is 5.13. The fourth-order valence-electron chi connectivity index (χ4n) is 4.57. The number of methoxy groups -OCH3 is 1. The summed E-state index contributed by atoms with van der Waals surface area (Å²) in [6, 6.07) is 0.311. The normalized spacial score (nSPS) is 58.2. The van der Waals surface area contributed by atoms with E-state index in [1.165, 1.54) is 19.3 Å². The van der Waals surface area contributed by atoms with Gasteiger partial charge >= 0.3 is 0 Å². The third-order valence-electron chi connectivity index (χ3n) is 5.36. The number of rotatable bonds is 1. The van der Waals surface area contributed by atoms with Crippen molar-refractivity contribution in [3.8, 4) is 0 Å². The summed E-state index contributed by atoms with van der Waals surface area (Å²) in [6.45, 7) is 0. The van der Waals surface area contributed by atoms with Crippen molar-refractivity contribution in [2.45, 2.75) is 50.4 Å². The standard InChI is InChI=1S/C12H21NO2/c1-15-10-6-12(5-9(10)14)8-3-2-7(4-8)11(12)13/h7-11,14H,2-6,13H2,1H3/t7?,8-,9+,10?,11?,12+/m1/s1. The topological polar surface area (TPSA) is 55.5 Å². The first-order chi connectivity index (χ1) is 7.17. The van der Waals surface area contributed by atoms with Gasteiger partial charge in [0.2, 0.25) is 0 Å². The van der Waals surface area contributed by atoms with Crippen LogP contribution in [0.1, 0.15) is 32.1 Å². The Bertz CT molecular complexity index is 266. The summed E-state index contributed by atoms with van der Waals surface area (Å²) in [6.07, 6.45) is 5.50. The minimum Gasteiger partial charge on any atom is -0.390 e. The molecular weight excluding hydrogens is 190 g/mol. The number of ether oxygens (including phenoxy) is 1. The summed E-state index contributed by atoms with van der Waals surface area (Å²) in [7, 11) is 1.70. The van der Waals surface area contributed by atoms with Gasteiger partial charge in [-0.1, -0.05) is 0 Å². The molecule has 3 nitrogen and oxygen atoms in total. The Morgan fingerprint density at radius 1 is 1.33 bits per heavy atom. The molecule has 0 radical (unpaired) electrons. The van der Waals surface area contributed by atoms with Gasteiger partial charge in [0.15, 0.2) is 0 Å². The predicted molar refractivity (Wildman–Crippen MR) is 57.3 cm³/mol. The van der Waals surface area contributed by atoms with Crippen molar-refractivity contribution in [2.24, 2.45) is 23.0 Å². The van der Waals surface area contributed by atoms with Crippen LogP contribution < -0.4 is 5.73 Å². The number of hydrogen-bond acceptors (Lipinski definition) is 3. The van der Waals surface area contributed by atoms with E-state index in [1.807, 2.05) is 0 Å². The van der Waals surface area contributed by atoms with Crippen LogP contribution in [-0.2, 0) is 4.74 Å². The molecule has 0 saturated heterocycles. The van der Waals surface area contributed by atoms with Gasteiger partial charge in [0.05, 0.1) is 12.2 Å². The molecule has 3 heteroatoms. The van der Waals surface area contributed by atoms with Gasteiger partial charge in [0.25, 0.3) is 0 Å². The van der Waals surface area contributed by atoms with Crippen LogP contribution in [0.25, 0.3) is 0 Å². The lowest BCUT2D eigenvalue weighted by molar-refractivity contribution is 0.00927. The molecule has 6 atom stereocenters. The average molecular weight is 211 g/mol. The summed E-state index contributed by atoms with van der Waals surface area (Å²) < 4.78 is 5.36. The first kappa shape index (κ1) is 10.1.